The molecule has 1 aliphatic heterocycles. The van der Waals surface area contributed by atoms with E-state index in [1.54, 1.807) is 0 Å². The van der Waals surface area contributed by atoms with E-state index in [2.05, 4.69) is 62.2 Å². The van der Waals surface area contributed by atoms with Crippen LogP contribution in [-0.4, -0.2) is 38.2 Å². The van der Waals surface area contributed by atoms with Crippen LogP contribution in [0.3, 0.4) is 0 Å². The minimum absolute atomic E-state index is 0.598. The Hall–Kier alpha value is -4.13. The summed E-state index contributed by atoms with van der Waals surface area (Å²) in [6.45, 7) is 6.32. The first-order chi connectivity index (χ1) is 17.7. The average molecular weight is 476 g/mol. The predicted octanol–water partition coefficient (Wildman–Crippen LogP) is 6.49. The first-order valence-electron chi connectivity index (χ1n) is 12.9. The van der Waals surface area contributed by atoms with Crippen molar-refractivity contribution in [2.45, 2.75) is 32.1 Å². The molecule has 3 N–H and O–H groups in total. The van der Waals surface area contributed by atoms with Gasteiger partial charge in [0.1, 0.15) is 11.5 Å². The highest BCUT2D eigenvalue weighted by Crippen LogP contribution is 2.37. The Bertz CT molecular complexity index is 1580. The Kier molecular flexibility index (Phi) is 5.01. The lowest BCUT2D eigenvalue weighted by molar-refractivity contribution is 0.575. The van der Waals surface area contributed by atoms with Crippen molar-refractivity contribution in [3.8, 4) is 22.5 Å². The van der Waals surface area contributed by atoms with Crippen LogP contribution in [0, 0.1) is 5.92 Å². The first-order valence-corrected chi connectivity index (χ1v) is 12.9. The fourth-order valence-corrected chi connectivity index (χ4v) is 5.31. The maximum absolute atomic E-state index is 4.74. The molecule has 2 fully saturated rings. The minimum Gasteiger partial charge on any atom is -0.358 e. The van der Waals surface area contributed by atoms with Crippen molar-refractivity contribution >= 4 is 33.3 Å². The zero-order valence-corrected chi connectivity index (χ0v) is 20.2. The molecule has 180 valence electrons. The summed E-state index contributed by atoms with van der Waals surface area (Å²) in [7, 11) is 0. The quantitative estimate of drug-likeness (QED) is 0.261. The molecule has 0 atom stereocenters. The van der Waals surface area contributed by atoms with Crippen molar-refractivity contribution in [3.63, 3.8) is 0 Å². The van der Waals surface area contributed by atoms with E-state index in [1.165, 1.54) is 32.1 Å². The topological polar surface area (TPSA) is 85.5 Å². The van der Waals surface area contributed by atoms with Crippen LogP contribution >= 0.6 is 0 Å². The molecule has 0 bridgehead atoms. The number of hydrogen-bond donors (Lipinski definition) is 3. The summed E-state index contributed by atoms with van der Waals surface area (Å²) in [4.78, 5) is 15.2. The molecular weight excluding hydrogens is 446 g/mol. The Morgan fingerprint density at radius 1 is 0.944 bits per heavy atom. The number of aromatic amines is 2. The molecule has 7 rings (SSSR count). The van der Waals surface area contributed by atoms with Gasteiger partial charge in [0.15, 0.2) is 0 Å². The summed E-state index contributed by atoms with van der Waals surface area (Å²) < 4.78 is 0. The number of aromatic nitrogens is 5. The van der Waals surface area contributed by atoms with E-state index >= 15 is 0 Å². The van der Waals surface area contributed by atoms with Gasteiger partial charge < -0.3 is 15.2 Å². The van der Waals surface area contributed by atoms with E-state index in [-0.39, 0.29) is 0 Å². The molecule has 0 unspecified atom stereocenters. The second kappa shape index (κ2) is 8.52. The zero-order valence-electron chi connectivity index (χ0n) is 20.2. The lowest BCUT2D eigenvalue weighted by Crippen LogP contribution is -2.30. The molecule has 7 nitrogen and oxygen atoms in total. The summed E-state index contributed by atoms with van der Waals surface area (Å²) in [5.41, 5.74) is 8.23. The van der Waals surface area contributed by atoms with Crippen LogP contribution in [0.15, 0.2) is 67.3 Å². The summed E-state index contributed by atoms with van der Waals surface area (Å²) in [5.74, 6) is 1.67. The monoisotopic (exact) mass is 475 g/mol. The smallest absolute Gasteiger partial charge is 0.137 e. The van der Waals surface area contributed by atoms with Crippen molar-refractivity contribution in [3.05, 3.63) is 67.3 Å². The van der Waals surface area contributed by atoms with Gasteiger partial charge in [-0.25, -0.2) is 4.98 Å². The molecule has 5 heterocycles. The van der Waals surface area contributed by atoms with Gasteiger partial charge >= 0.3 is 0 Å². The number of allylic oxidation sites excluding steroid dienone is 1. The number of nitrogens with one attached hydrogen (secondary N) is 3. The molecule has 0 spiro atoms. The number of anilines is 2. The van der Waals surface area contributed by atoms with Gasteiger partial charge in [-0.05, 0) is 73.9 Å². The predicted molar refractivity (Wildman–Crippen MR) is 146 cm³/mol. The number of benzene rings is 1. The summed E-state index contributed by atoms with van der Waals surface area (Å²) in [6, 6.07) is 12.8. The zero-order chi connectivity index (χ0) is 24.1. The SMILES string of the molecule is C=C(Nc1cncc(-c2ccc3[nH]nc(-c4cc5c(N6CCCCC6)nccc5[nH]4)c3c2)c1)C1CC1. The largest absolute Gasteiger partial charge is 0.358 e. The highest BCUT2D eigenvalue weighted by Gasteiger charge is 2.24. The van der Waals surface area contributed by atoms with Crippen LogP contribution in [-0.2, 0) is 0 Å². The van der Waals surface area contributed by atoms with Crippen molar-refractivity contribution in [2.75, 3.05) is 23.3 Å². The van der Waals surface area contributed by atoms with Gasteiger partial charge in [0, 0.05) is 47.5 Å². The van der Waals surface area contributed by atoms with Crippen LogP contribution in [0.4, 0.5) is 11.5 Å². The van der Waals surface area contributed by atoms with Crippen molar-refractivity contribution in [1.82, 2.24) is 25.1 Å². The molecule has 1 saturated carbocycles. The lowest BCUT2D eigenvalue weighted by Gasteiger charge is -2.28. The Morgan fingerprint density at radius 2 is 1.83 bits per heavy atom. The number of rotatable bonds is 6. The second-order valence-electron chi connectivity index (χ2n) is 10.0. The summed E-state index contributed by atoms with van der Waals surface area (Å²) in [5, 5.41) is 13.6. The number of piperidine rings is 1. The van der Waals surface area contributed by atoms with Crippen LogP contribution in [0.2, 0.25) is 0 Å². The van der Waals surface area contributed by atoms with E-state index < -0.39 is 0 Å². The van der Waals surface area contributed by atoms with E-state index in [0.29, 0.717) is 5.92 Å². The number of nitrogens with zero attached hydrogens (tertiary/aromatic N) is 4. The third-order valence-corrected chi connectivity index (χ3v) is 7.45. The van der Waals surface area contributed by atoms with E-state index in [1.807, 2.05) is 24.7 Å². The van der Waals surface area contributed by atoms with Gasteiger partial charge in [0.05, 0.1) is 28.6 Å². The normalized spacial score (nSPS) is 16.1. The molecule has 4 aromatic heterocycles. The van der Waals surface area contributed by atoms with Crippen LogP contribution in [0.25, 0.3) is 44.3 Å². The maximum atomic E-state index is 4.74. The molecule has 0 amide bonds. The van der Waals surface area contributed by atoms with E-state index in [9.17, 15) is 0 Å². The molecule has 36 heavy (non-hydrogen) atoms. The van der Waals surface area contributed by atoms with Crippen LogP contribution in [0.5, 0.6) is 0 Å². The summed E-state index contributed by atoms with van der Waals surface area (Å²) in [6.07, 6.45) is 11.9. The molecule has 7 heteroatoms. The number of pyridine rings is 2. The Labute approximate surface area is 209 Å². The van der Waals surface area contributed by atoms with Crippen LogP contribution in [0.1, 0.15) is 32.1 Å². The van der Waals surface area contributed by atoms with Gasteiger partial charge in [-0.2, -0.15) is 5.10 Å². The van der Waals surface area contributed by atoms with Crippen LogP contribution < -0.4 is 10.2 Å². The van der Waals surface area contributed by atoms with Crippen molar-refractivity contribution in [1.29, 1.82) is 0 Å². The van der Waals surface area contributed by atoms with Crippen molar-refractivity contribution in [2.24, 2.45) is 5.92 Å². The Morgan fingerprint density at radius 3 is 2.69 bits per heavy atom. The molecule has 1 saturated heterocycles. The lowest BCUT2D eigenvalue weighted by atomic mass is 10.0. The van der Waals surface area contributed by atoms with Gasteiger partial charge in [-0.1, -0.05) is 12.6 Å². The third-order valence-electron chi connectivity index (χ3n) is 7.45. The van der Waals surface area contributed by atoms with Gasteiger partial charge in [0.25, 0.3) is 0 Å². The number of fused-ring (bicyclic) bond motifs is 2. The first kappa shape index (κ1) is 21.2. The molecule has 0 radical (unpaired) electrons. The van der Waals surface area contributed by atoms with Gasteiger partial charge in [0.2, 0.25) is 0 Å². The summed E-state index contributed by atoms with van der Waals surface area (Å²) >= 11 is 0. The highest BCUT2D eigenvalue weighted by molar-refractivity contribution is 6.00. The molecule has 1 aliphatic carbocycles. The number of hydrogen-bond acceptors (Lipinski definition) is 5. The maximum Gasteiger partial charge on any atom is 0.137 e. The second-order valence-corrected chi connectivity index (χ2v) is 10.0. The Balaban J connectivity index is 1.25. The van der Waals surface area contributed by atoms with Crippen molar-refractivity contribution < 1.29 is 0 Å². The fraction of sp³-hybridized carbons (Fsp3) is 0.276. The standard InChI is InChI=1S/C29H29N7/c1-18(19-5-6-19)32-22-13-21(16-30-17-22)20-7-8-26-23(14-20)28(35-34-26)27-15-24-25(33-27)9-10-31-29(24)36-11-3-2-4-12-36/h7-10,13-17,19,32-33H,1-6,11-12H2,(H,34,35). The van der Waals surface area contributed by atoms with E-state index in [0.717, 1.165) is 74.6 Å². The van der Waals surface area contributed by atoms with E-state index in [4.69, 9.17) is 10.1 Å². The minimum atomic E-state index is 0.598. The third kappa shape index (κ3) is 3.81. The number of H-pyrrole nitrogens is 2. The molecular formula is C29H29N7. The molecule has 5 aromatic rings. The average Bonchev–Trinajstić information content (AvgIpc) is 3.55. The fourth-order valence-electron chi connectivity index (χ4n) is 5.31. The molecule has 2 aliphatic rings. The highest BCUT2D eigenvalue weighted by atomic mass is 15.2. The molecule has 1 aromatic carbocycles. The van der Waals surface area contributed by atoms with Gasteiger partial charge in [-0.3, -0.25) is 10.1 Å². The van der Waals surface area contributed by atoms with Gasteiger partial charge in [-0.15, -0.1) is 0 Å².